The molecule has 3 aromatic carbocycles. The Kier molecular flexibility index (Phi) is 6.93. The first-order valence-electron chi connectivity index (χ1n) is 10.6. The number of aromatic nitrogens is 2. The summed E-state index contributed by atoms with van der Waals surface area (Å²) in [5.74, 6) is 0.335. The van der Waals surface area contributed by atoms with E-state index in [1.54, 1.807) is 18.3 Å². The summed E-state index contributed by atoms with van der Waals surface area (Å²) in [5, 5.41) is 6.09. The van der Waals surface area contributed by atoms with Crippen molar-refractivity contribution in [3.05, 3.63) is 102 Å². The molecule has 178 valence electrons. The average molecular weight is 490 g/mol. The van der Waals surface area contributed by atoms with Gasteiger partial charge in [-0.1, -0.05) is 36.4 Å². The van der Waals surface area contributed by atoms with E-state index in [-0.39, 0.29) is 16.4 Å². The van der Waals surface area contributed by atoms with E-state index < -0.39 is 15.7 Å². The number of guanidine groups is 1. The minimum atomic E-state index is -3.44. The third-order valence-corrected chi connectivity index (χ3v) is 6.15. The third-order valence-electron chi connectivity index (χ3n) is 5.04. The molecule has 1 heterocycles. The summed E-state index contributed by atoms with van der Waals surface area (Å²) in [4.78, 5) is 22.1. The molecular formula is C25H23N5O4S. The third kappa shape index (κ3) is 6.12. The highest BCUT2D eigenvalue weighted by atomic mass is 32.2. The Bertz CT molecular complexity index is 1460. The molecule has 1 amide bonds. The highest BCUT2D eigenvalue weighted by Crippen LogP contribution is 2.22. The van der Waals surface area contributed by atoms with E-state index in [1.807, 2.05) is 36.5 Å². The van der Waals surface area contributed by atoms with Crippen LogP contribution in [0, 0.1) is 0 Å². The van der Waals surface area contributed by atoms with Gasteiger partial charge in [-0.25, -0.2) is 13.4 Å². The standard InChI is InChI=1S/C25H23N5O4S/c1-35(32,33)22-9-5-8-20(16-22)24(31)28-25(26)29-34-21-12-10-19(11-13-21)23-27-14-15-30(23)17-18-6-3-2-4-7-18/h2-16H,17H2,1H3,(H3,26,28,29,31). The highest BCUT2D eigenvalue weighted by molar-refractivity contribution is 7.90. The van der Waals surface area contributed by atoms with Gasteiger partial charge in [-0.05, 0) is 53.2 Å². The Hall–Kier alpha value is -4.44. The van der Waals surface area contributed by atoms with Gasteiger partial charge in [0.2, 0.25) is 5.96 Å². The lowest BCUT2D eigenvalue weighted by atomic mass is 10.2. The lowest BCUT2D eigenvalue weighted by Crippen LogP contribution is -2.37. The zero-order valence-corrected chi connectivity index (χ0v) is 19.6. The fourth-order valence-corrected chi connectivity index (χ4v) is 3.99. The quantitative estimate of drug-likeness (QED) is 0.233. The van der Waals surface area contributed by atoms with Crippen molar-refractivity contribution in [2.45, 2.75) is 11.4 Å². The first kappa shape index (κ1) is 23.7. The molecule has 9 nitrogen and oxygen atoms in total. The van der Waals surface area contributed by atoms with Crippen molar-refractivity contribution < 1.29 is 18.0 Å². The molecule has 0 radical (unpaired) electrons. The Morgan fingerprint density at radius 1 is 1.06 bits per heavy atom. The van der Waals surface area contributed by atoms with E-state index >= 15 is 0 Å². The van der Waals surface area contributed by atoms with Crippen LogP contribution in [0.25, 0.3) is 11.4 Å². The number of amides is 1. The second-order valence-corrected chi connectivity index (χ2v) is 9.73. The van der Waals surface area contributed by atoms with E-state index in [4.69, 9.17) is 10.6 Å². The second-order valence-electron chi connectivity index (χ2n) is 7.71. The molecule has 0 aliphatic carbocycles. The maximum Gasteiger partial charge on any atom is 0.258 e. The molecule has 0 bridgehead atoms. The lowest BCUT2D eigenvalue weighted by molar-refractivity contribution is 0.0975. The van der Waals surface area contributed by atoms with Gasteiger partial charge in [-0.3, -0.25) is 10.1 Å². The van der Waals surface area contributed by atoms with Crippen LogP contribution in [-0.4, -0.2) is 36.1 Å². The first-order chi connectivity index (χ1) is 16.8. The van der Waals surface area contributed by atoms with Crippen LogP contribution in [0.5, 0.6) is 5.75 Å². The Morgan fingerprint density at radius 2 is 1.80 bits per heavy atom. The minimum Gasteiger partial charge on any atom is -0.367 e. The largest absolute Gasteiger partial charge is 0.367 e. The smallest absolute Gasteiger partial charge is 0.258 e. The number of rotatable bonds is 7. The van der Waals surface area contributed by atoms with Gasteiger partial charge < -0.3 is 15.1 Å². The number of oxime groups is 1. The van der Waals surface area contributed by atoms with Gasteiger partial charge in [0.1, 0.15) is 5.82 Å². The molecule has 3 N–H and O–H groups in total. The molecule has 0 fully saturated rings. The van der Waals surface area contributed by atoms with Crippen molar-refractivity contribution >= 4 is 21.7 Å². The van der Waals surface area contributed by atoms with Gasteiger partial charge in [-0.15, -0.1) is 0 Å². The number of carbonyl (C=O) groups is 1. The molecule has 0 spiro atoms. The molecule has 0 unspecified atom stereocenters. The van der Waals surface area contributed by atoms with Crippen molar-refractivity contribution in [3.63, 3.8) is 0 Å². The maximum absolute atomic E-state index is 12.4. The van der Waals surface area contributed by atoms with Gasteiger partial charge in [0.25, 0.3) is 5.91 Å². The number of hydrogen-bond donors (Lipinski definition) is 2. The average Bonchev–Trinajstić information content (AvgIpc) is 3.31. The van der Waals surface area contributed by atoms with Crippen LogP contribution in [0.2, 0.25) is 0 Å². The molecule has 0 aliphatic rings. The molecule has 35 heavy (non-hydrogen) atoms. The number of sulfone groups is 1. The number of imidazole rings is 1. The SMILES string of the molecule is CS(=O)(=O)c1cccc(C(=O)NC(N)=NOc2ccc(-c3nccn3Cc3ccccc3)cc2)c1. The maximum atomic E-state index is 12.4. The summed E-state index contributed by atoms with van der Waals surface area (Å²) in [7, 11) is -3.44. The van der Waals surface area contributed by atoms with Crippen LogP contribution < -0.4 is 15.9 Å². The van der Waals surface area contributed by atoms with E-state index in [2.05, 4.69) is 32.2 Å². The minimum absolute atomic E-state index is 0.0291. The number of hydrogen-bond acceptors (Lipinski definition) is 6. The predicted octanol–water partition coefficient (Wildman–Crippen LogP) is 3.04. The summed E-state index contributed by atoms with van der Waals surface area (Å²) in [5.41, 5.74) is 7.94. The molecule has 0 saturated carbocycles. The molecule has 0 atom stereocenters. The Balaban J connectivity index is 1.39. The van der Waals surface area contributed by atoms with Gasteiger partial charge in [-0.2, -0.15) is 0 Å². The Labute approximate surface area is 202 Å². The summed E-state index contributed by atoms with van der Waals surface area (Å²) in [6.07, 6.45) is 4.74. The fourth-order valence-electron chi connectivity index (χ4n) is 3.32. The van der Waals surface area contributed by atoms with Crippen LogP contribution >= 0.6 is 0 Å². The summed E-state index contributed by atoms with van der Waals surface area (Å²) >= 11 is 0. The van der Waals surface area contributed by atoms with Crippen LogP contribution in [0.1, 0.15) is 15.9 Å². The van der Waals surface area contributed by atoms with Gasteiger partial charge in [0, 0.05) is 36.3 Å². The van der Waals surface area contributed by atoms with Crippen LogP contribution in [0.15, 0.2) is 101 Å². The number of benzene rings is 3. The van der Waals surface area contributed by atoms with E-state index in [0.717, 1.165) is 17.6 Å². The highest BCUT2D eigenvalue weighted by Gasteiger charge is 2.13. The zero-order valence-electron chi connectivity index (χ0n) is 18.8. The molecular weight excluding hydrogens is 466 g/mol. The van der Waals surface area contributed by atoms with Crippen LogP contribution in [0.4, 0.5) is 0 Å². The number of carbonyl (C=O) groups excluding carboxylic acids is 1. The number of nitrogens with two attached hydrogens (primary N) is 1. The summed E-state index contributed by atoms with van der Waals surface area (Å²) in [6, 6.07) is 22.8. The molecule has 10 heteroatoms. The normalized spacial score (nSPS) is 11.7. The summed E-state index contributed by atoms with van der Waals surface area (Å²) < 4.78 is 25.4. The fraction of sp³-hybridized carbons (Fsp3) is 0.0800. The number of nitrogens with one attached hydrogen (secondary N) is 1. The van der Waals surface area contributed by atoms with Gasteiger partial charge in [0.05, 0.1) is 4.90 Å². The molecule has 1 aromatic heterocycles. The van der Waals surface area contributed by atoms with Crippen LogP contribution in [-0.2, 0) is 16.4 Å². The van der Waals surface area contributed by atoms with Crippen molar-refractivity contribution in [3.8, 4) is 17.1 Å². The molecule has 0 saturated heterocycles. The Morgan fingerprint density at radius 3 is 2.51 bits per heavy atom. The van der Waals surface area contributed by atoms with E-state index in [9.17, 15) is 13.2 Å². The lowest BCUT2D eigenvalue weighted by Gasteiger charge is -2.09. The zero-order chi connectivity index (χ0) is 24.8. The monoisotopic (exact) mass is 489 g/mol. The molecule has 4 aromatic rings. The summed E-state index contributed by atoms with van der Waals surface area (Å²) in [6.45, 7) is 0.696. The van der Waals surface area contributed by atoms with E-state index in [0.29, 0.717) is 12.3 Å². The van der Waals surface area contributed by atoms with E-state index in [1.165, 1.54) is 29.8 Å². The second kappa shape index (κ2) is 10.2. The van der Waals surface area contributed by atoms with Crippen molar-refractivity contribution in [1.82, 2.24) is 14.9 Å². The van der Waals surface area contributed by atoms with Gasteiger partial charge in [0.15, 0.2) is 15.6 Å². The topological polar surface area (TPSA) is 129 Å². The van der Waals surface area contributed by atoms with Crippen molar-refractivity contribution in [1.29, 1.82) is 0 Å². The number of nitrogens with zero attached hydrogens (tertiary/aromatic N) is 3. The molecule has 0 aliphatic heterocycles. The van der Waals surface area contributed by atoms with Crippen LogP contribution in [0.3, 0.4) is 0 Å². The van der Waals surface area contributed by atoms with Gasteiger partial charge >= 0.3 is 0 Å². The van der Waals surface area contributed by atoms with Crippen molar-refractivity contribution in [2.75, 3.05) is 6.26 Å². The first-order valence-corrected chi connectivity index (χ1v) is 12.5. The predicted molar refractivity (Wildman–Crippen MR) is 132 cm³/mol. The molecule has 4 rings (SSSR count). The van der Waals surface area contributed by atoms with Crippen molar-refractivity contribution in [2.24, 2.45) is 10.9 Å².